The smallest absolute Gasteiger partial charge is 0.126 e. The number of thiazole rings is 1. The van der Waals surface area contributed by atoms with Crippen LogP contribution in [0.25, 0.3) is 0 Å². The van der Waals surface area contributed by atoms with Crippen LogP contribution in [0.1, 0.15) is 5.69 Å². The predicted octanol–water partition coefficient (Wildman–Crippen LogP) is 3.66. The van der Waals surface area contributed by atoms with E-state index in [1.807, 2.05) is 11.4 Å². The van der Waals surface area contributed by atoms with E-state index in [2.05, 4.69) is 26.2 Å². The number of rotatable bonds is 3. The maximum absolute atomic E-state index is 13.0. The van der Waals surface area contributed by atoms with Crippen LogP contribution in [0, 0.1) is 5.82 Å². The molecule has 0 saturated carbocycles. The molecule has 0 bridgehead atoms. The maximum atomic E-state index is 13.0. The van der Waals surface area contributed by atoms with Crippen molar-refractivity contribution < 1.29 is 4.39 Å². The highest BCUT2D eigenvalue weighted by molar-refractivity contribution is 9.10. The number of nitrogens with zero attached hydrogens (tertiary/aromatic N) is 1. The van der Waals surface area contributed by atoms with Crippen LogP contribution < -0.4 is 5.32 Å². The Balaban J connectivity index is 2.05. The molecule has 5 heteroatoms. The third-order valence-electron chi connectivity index (χ3n) is 1.82. The van der Waals surface area contributed by atoms with E-state index >= 15 is 0 Å². The van der Waals surface area contributed by atoms with Crippen molar-refractivity contribution in [3.05, 3.63) is 45.1 Å². The highest BCUT2D eigenvalue weighted by Crippen LogP contribution is 2.19. The lowest BCUT2D eigenvalue weighted by Gasteiger charge is -2.05. The van der Waals surface area contributed by atoms with Gasteiger partial charge in [-0.1, -0.05) is 15.9 Å². The molecule has 78 valence electrons. The molecule has 0 amide bonds. The van der Waals surface area contributed by atoms with E-state index in [1.165, 1.54) is 12.1 Å². The molecule has 15 heavy (non-hydrogen) atoms. The fourth-order valence-electron chi connectivity index (χ4n) is 1.17. The zero-order valence-electron chi connectivity index (χ0n) is 7.71. The van der Waals surface area contributed by atoms with Crippen molar-refractivity contribution in [3.63, 3.8) is 0 Å². The van der Waals surface area contributed by atoms with Gasteiger partial charge in [0.1, 0.15) is 5.82 Å². The van der Waals surface area contributed by atoms with Crippen LogP contribution in [0.5, 0.6) is 0 Å². The molecule has 1 aromatic heterocycles. The topological polar surface area (TPSA) is 24.9 Å². The van der Waals surface area contributed by atoms with Crippen molar-refractivity contribution in [2.45, 2.75) is 6.54 Å². The second kappa shape index (κ2) is 4.72. The third kappa shape index (κ3) is 3.00. The van der Waals surface area contributed by atoms with Crippen molar-refractivity contribution in [1.82, 2.24) is 4.98 Å². The lowest BCUT2D eigenvalue weighted by Crippen LogP contribution is -1.99. The molecule has 2 nitrogen and oxygen atoms in total. The molecule has 0 aliphatic rings. The minimum atomic E-state index is -0.259. The minimum Gasteiger partial charge on any atom is -0.379 e. The fraction of sp³-hybridized carbons (Fsp3) is 0.100. The van der Waals surface area contributed by atoms with Crippen LogP contribution in [0.2, 0.25) is 0 Å². The largest absolute Gasteiger partial charge is 0.379 e. The molecule has 0 atom stereocenters. The summed E-state index contributed by atoms with van der Waals surface area (Å²) >= 11 is 4.78. The molecule has 0 aliphatic heterocycles. The van der Waals surface area contributed by atoms with Crippen LogP contribution in [0.4, 0.5) is 10.1 Å². The average molecular weight is 287 g/mol. The first-order valence-corrected chi connectivity index (χ1v) is 6.04. The molecule has 1 N–H and O–H groups in total. The highest BCUT2D eigenvalue weighted by Gasteiger charge is 1.99. The van der Waals surface area contributed by atoms with Gasteiger partial charge < -0.3 is 5.32 Å². The second-order valence-corrected chi connectivity index (χ2v) is 4.63. The van der Waals surface area contributed by atoms with Crippen LogP contribution in [0.15, 0.2) is 33.6 Å². The number of nitrogens with one attached hydrogen (secondary N) is 1. The zero-order valence-corrected chi connectivity index (χ0v) is 10.1. The summed E-state index contributed by atoms with van der Waals surface area (Å²) in [5, 5.41) is 5.06. The summed E-state index contributed by atoms with van der Waals surface area (Å²) < 4.78 is 13.7. The predicted molar refractivity (Wildman–Crippen MR) is 63.5 cm³/mol. The van der Waals surface area contributed by atoms with Gasteiger partial charge in [-0.3, -0.25) is 0 Å². The van der Waals surface area contributed by atoms with E-state index in [0.29, 0.717) is 6.54 Å². The highest BCUT2D eigenvalue weighted by atomic mass is 79.9. The Bertz CT molecular complexity index is 424. The van der Waals surface area contributed by atoms with Crippen molar-refractivity contribution in [1.29, 1.82) is 0 Å². The first kappa shape index (κ1) is 10.6. The monoisotopic (exact) mass is 286 g/mol. The molecule has 0 saturated heterocycles. The first-order chi connectivity index (χ1) is 7.24. The summed E-state index contributed by atoms with van der Waals surface area (Å²) in [4.78, 5) is 4.13. The number of benzene rings is 1. The van der Waals surface area contributed by atoms with Gasteiger partial charge in [0.05, 0.1) is 17.7 Å². The Morgan fingerprint density at radius 1 is 1.40 bits per heavy atom. The van der Waals surface area contributed by atoms with E-state index in [0.717, 1.165) is 15.9 Å². The molecule has 2 aromatic rings. The molecule has 0 unspecified atom stereocenters. The first-order valence-electron chi connectivity index (χ1n) is 4.31. The minimum absolute atomic E-state index is 0.259. The van der Waals surface area contributed by atoms with Crippen LogP contribution in [-0.2, 0) is 6.54 Å². The van der Waals surface area contributed by atoms with E-state index in [1.54, 1.807) is 16.8 Å². The quantitative estimate of drug-likeness (QED) is 0.932. The van der Waals surface area contributed by atoms with E-state index in [4.69, 9.17) is 0 Å². The number of aromatic nitrogens is 1. The molecule has 2 rings (SSSR count). The Kier molecular flexibility index (Phi) is 3.33. The Morgan fingerprint density at radius 2 is 2.27 bits per heavy atom. The molecular weight excluding hydrogens is 279 g/mol. The molecule has 1 heterocycles. The summed E-state index contributed by atoms with van der Waals surface area (Å²) in [6, 6.07) is 4.71. The van der Waals surface area contributed by atoms with Gasteiger partial charge in [-0.25, -0.2) is 9.37 Å². The van der Waals surface area contributed by atoms with E-state index < -0.39 is 0 Å². The summed E-state index contributed by atoms with van der Waals surface area (Å²) in [7, 11) is 0. The normalized spacial score (nSPS) is 10.3. The molecular formula is C10H8BrFN2S. The van der Waals surface area contributed by atoms with Gasteiger partial charge >= 0.3 is 0 Å². The van der Waals surface area contributed by atoms with Gasteiger partial charge in [-0.05, 0) is 18.2 Å². The van der Waals surface area contributed by atoms with Crippen LogP contribution >= 0.6 is 27.3 Å². The lowest BCUT2D eigenvalue weighted by atomic mass is 10.3. The summed E-state index contributed by atoms with van der Waals surface area (Å²) in [5.41, 5.74) is 3.48. The van der Waals surface area contributed by atoms with Gasteiger partial charge in [-0.2, -0.15) is 0 Å². The third-order valence-corrected chi connectivity index (χ3v) is 2.91. The van der Waals surface area contributed by atoms with Crippen molar-refractivity contribution in [3.8, 4) is 0 Å². The summed E-state index contributed by atoms with van der Waals surface area (Å²) in [6.45, 7) is 0.611. The zero-order chi connectivity index (χ0) is 10.7. The SMILES string of the molecule is Fc1cc(Br)cc(NCc2cscn2)c1. The fourth-order valence-corrected chi connectivity index (χ4v) is 2.20. The number of hydrogen-bond donors (Lipinski definition) is 1. The molecule has 1 aromatic carbocycles. The standard InChI is InChI=1S/C10H8BrFN2S/c11-7-1-8(12)3-9(2-7)13-4-10-5-15-6-14-10/h1-3,5-6,13H,4H2. The van der Waals surface area contributed by atoms with Crippen LogP contribution in [-0.4, -0.2) is 4.98 Å². The summed E-state index contributed by atoms with van der Waals surface area (Å²) in [6.07, 6.45) is 0. The van der Waals surface area contributed by atoms with Gasteiger partial charge in [0, 0.05) is 15.5 Å². The van der Waals surface area contributed by atoms with Gasteiger partial charge in [-0.15, -0.1) is 11.3 Å². The van der Waals surface area contributed by atoms with E-state index in [9.17, 15) is 4.39 Å². The maximum Gasteiger partial charge on any atom is 0.126 e. The molecule has 0 spiro atoms. The number of anilines is 1. The average Bonchev–Trinajstić information content (AvgIpc) is 2.65. The molecule has 0 aliphatic carbocycles. The molecule has 0 radical (unpaired) electrons. The lowest BCUT2D eigenvalue weighted by molar-refractivity contribution is 0.627. The van der Waals surface area contributed by atoms with Gasteiger partial charge in [0.25, 0.3) is 0 Å². The van der Waals surface area contributed by atoms with Gasteiger partial charge in [0.2, 0.25) is 0 Å². The van der Waals surface area contributed by atoms with Gasteiger partial charge in [0.15, 0.2) is 0 Å². The Morgan fingerprint density at radius 3 is 2.93 bits per heavy atom. The van der Waals surface area contributed by atoms with Crippen LogP contribution in [0.3, 0.4) is 0 Å². The van der Waals surface area contributed by atoms with Crippen molar-refractivity contribution in [2.75, 3.05) is 5.32 Å². The summed E-state index contributed by atoms with van der Waals surface area (Å²) in [5.74, 6) is -0.259. The van der Waals surface area contributed by atoms with E-state index in [-0.39, 0.29) is 5.82 Å². The van der Waals surface area contributed by atoms with Crippen molar-refractivity contribution >= 4 is 33.0 Å². The number of hydrogen-bond acceptors (Lipinski definition) is 3. The van der Waals surface area contributed by atoms with Crippen molar-refractivity contribution in [2.24, 2.45) is 0 Å². The molecule has 0 fully saturated rings. The Hall–Kier alpha value is -0.940. The second-order valence-electron chi connectivity index (χ2n) is 2.99. The number of halogens is 2. The Labute approximate surface area is 99.3 Å².